The molecule has 2 heteroatoms. The van der Waals surface area contributed by atoms with Crippen LogP contribution in [0.3, 0.4) is 0 Å². The molecule has 48 valence electrons. The van der Waals surface area contributed by atoms with E-state index in [4.69, 9.17) is 5.73 Å². The lowest BCUT2D eigenvalue weighted by Gasteiger charge is -2.24. The minimum Gasteiger partial charge on any atom is -0.388 e. The van der Waals surface area contributed by atoms with Crippen LogP contribution in [0, 0.1) is 0 Å². The highest BCUT2D eigenvalue weighted by molar-refractivity contribution is 5.07. The predicted octanol–water partition coefficient (Wildman–Crippen LogP) is 0.249. The maximum atomic E-state index is 9.34. The van der Waals surface area contributed by atoms with Crippen molar-refractivity contribution in [2.75, 3.05) is 0 Å². The third kappa shape index (κ3) is 0.740. The van der Waals surface area contributed by atoms with E-state index in [1.807, 2.05) is 13.8 Å². The molecule has 8 heavy (non-hydrogen) atoms. The van der Waals surface area contributed by atoms with Crippen molar-refractivity contribution in [2.45, 2.75) is 37.8 Å². The van der Waals surface area contributed by atoms with Gasteiger partial charge in [-0.05, 0) is 26.7 Å². The van der Waals surface area contributed by atoms with Gasteiger partial charge in [-0.15, -0.1) is 0 Å². The molecular weight excluding hydrogens is 102 g/mol. The van der Waals surface area contributed by atoms with Crippen LogP contribution in [0.15, 0.2) is 0 Å². The molecule has 1 aliphatic carbocycles. The lowest BCUT2D eigenvalue weighted by Crippen LogP contribution is -2.46. The molecule has 0 amide bonds. The highest BCUT2D eigenvalue weighted by atomic mass is 16.3. The van der Waals surface area contributed by atoms with Crippen LogP contribution in [0.4, 0.5) is 0 Å². The molecule has 0 bridgehead atoms. The van der Waals surface area contributed by atoms with E-state index < -0.39 is 11.1 Å². The fraction of sp³-hybridized carbons (Fsp3) is 1.00. The summed E-state index contributed by atoms with van der Waals surface area (Å²) in [5.41, 5.74) is 4.69. The van der Waals surface area contributed by atoms with Crippen LogP contribution < -0.4 is 5.73 Å². The van der Waals surface area contributed by atoms with Crippen LogP contribution in [0.5, 0.6) is 0 Å². The summed E-state index contributed by atoms with van der Waals surface area (Å²) < 4.78 is 0. The number of rotatable bonds is 1. The molecule has 3 N–H and O–H groups in total. The van der Waals surface area contributed by atoms with Crippen molar-refractivity contribution in [2.24, 2.45) is 5.73 Å². The third-order valence-corrected chi connectivity index (χ3v) is 1.92. The van der Waals surface area contributed by atoms with Crippen molar-refractivity contribution < 1.29 is 5.11 Å². The van der Waals surface area contributed by atoms with Crippen LogP contribution in [-0.4, -0.2) is 16.2 Å². The van der Waals surface area contributed by atoms with E-state index in [-0.39, 0.29) is 0 Å². The van der Waals surface area contributed by atoms with Crippen LogP contribution in [0.25, 0.3) is 0 Å². The van der Waals surface area contributed by atoms with Crippen molar-refractivity contribution in [3.63, 3.8) is 0 Å². The standard InChI is InChI=1S/C6H13NO/c1-5(2,7)6(8)3-4-6/h8H,3-4,7H2,1-2H3. The van der Waals surface area contributed by atoms with Crippen molar-refractivity contribution in [1.29, 1.82) is 0 Å². The van der Waals surface area contributed by atoms with E-state index in [0.717, 1.165) is 12.8 Å². The molecule has 1 saturated carbocycles. The molecule has 1 fully saturated rings. The minimum atomic E-state index is -0.535. The van der Waals surface area contributed by atoms with Gasteiger partial charge in [-0.3, -0.25) is 0 Å². The SMILES string of the molecule is CC(C)(N)C1(O)CC1. The van der Waals surface area contributed by atoms with Crippen molar-refractivity contribution in [3.05, 3.63) is 0 Å². The summed E-state index contributed by atoms with van der Waals surface area (Å²) in [7, 11) is 0. The third-order valence-electron chi connectivity index (χ3n) is 1.92. The molecule has 0 aromatic carbocycles. The lowest BCUT2D eigenvalue weighted by molar-refractivity contribution is 0.0785. The van der Waals surface area contributed by atoms with Crippen molar-refractivity contribution in [3.8, 4) is 0 Å². The Bertz CT molecular complexity index is 96.3. The molecule has 0 heterocycles. The van der Waals surface area contributed by atoms with Gasteiger partial charge in [-0.1, -0.05) is 0 Å². The van der Waals surface area contributed by atoms with Gasteiger partial charge in [-0.2, -0.15) is 0 Å². The van der Waals surface area contributed by atoms with E-state index in [2.05, 4.69) is 0 Å². The summed E-state index contributed by atoms with van der Waals surface area (Å²) in [4.78, 5) is 0. The fourth-order valence-corrected chi connectivity index (χ4v) is 0.763. The van der Waals surface area contributed by atoms with Crippen LogP contribution in [-0.2, 0) is 0 Å². The quantitative estimate of drug-likeness (QED) is 0.514. The zero-order chi connectivity index (χ0) is 6.41. The Morgan fingerprint density at radius 3 is 1.88 bits per heavy atom. The van der Waals surface area contributed by atoms with Gasteiger partial charge in [0.05, 0.1) is 5.60 Å². The molecule has 0 unspecified atom stereocenters. The number of hydrogen-bond acceptors (Lipinski definition) is 2. The summed E-state index contributed by atoms with van der Waals surface area (Å²) in [5, 5.41) is 9.34. The van der Waals surface area contributed by atoms with Crippen molar-refractivity contribution >= 4 is 0 Å². The van der Waals surface area contributed by atoms with Gasteiger partial charge in [0.2, 0.25) is 0 Å². The minimum absolute atomic E-state index is 0.396. The van der Waals surface area contributed by atoms with Gasteiger partial charge in [0.15, 0.2) is 0 Å². The summed E-state index contributed by atoms with van der Waals surface area (Å²) in [6, 6.07) is 0. The molecule has 0 atom stereocenters. The van der Waals surface area contributed by atoms with Crippen LogP contribution >= 0.6 is 0 Å². The fourth-order valence-electron chi connectivity index (χ4n) is 0.763. The number of aliphatic hydroxyl groups is 1. The monoisotopic (exact) mass is 115 g/mol. The summed E-state index contributed by atoms with van der Waals surface area (Å²) in [6.07, 6.45) is 1.74. The lowest BCUT2D eigenvalue weighted by atomic mass is 9.97. The molecule has 0 spiro atoms. The average molecular weight is 115 g/mol. The Kier molecular flexibility index (Phi) is 0.946. The van der Waals surface area contributed by atoms with Crippen LogP contribution in [0.1, 0.15) is 26.7 Å². The van der Waals surface area contributed by atoms with Gasteiger partial charge in [0.1, 0.15) is 0 Å². The highest BCUT2D eigenvalue weighted by Gasteiger charge is 2.50. The maximum absolute atomic E-state index is 9.34. The van der Waals surface area contributed by atoms with Gasteiger partial charge in [-0.25, -0.2) is 0 Å². The van der Waals surface area contributed by atoms with E-state index in [1.165, 1.54) is 0 Å². The summed E-state index contributed by atoms with van der Waals surface area (Å²) >= 11 is 0. The van der Waals surface area contributed by atoms with Gasteiger partial charge in [0, 0.05) is 5.54 Å². The Labute approximate surface area is 49.7 Å². The molecule has 1 aliphatic rings. The largest absolute Gasteiger partial charge is 0.388 e. The first-order valence-corrected chi connectivity index (χ1v) is 2.97. The number of hydrogen-bond donors (Lipinski definition) is 2. The average Bonchev–Trinajstić information content (AvgIpc) is 2.16. The topological polar surface area (TPSA) is 46.2 Å². The molecule has 1 rings (SSSR count). The second kappa shape index (κ2) is 1.25. The smallest absolute Gasteiger partial charge is 0.0823 e. The van der Waals surface area contributed by atoms with E-state index in [9.17, 15) is 5.11 Å². The molecule has 0 saturated heterocycles. The Morgan fingerprint density at radius 2 is 1.88 bits per heavy atom. The molecule has 0 radical (unpaired) electrons. The number of nitrogens with two attached hydrogens (primary N) is 1. The zero-order valence-corrected chi connectivity index (χ0v) is 5.44. The second-order valence-corrected chi connectivity index (χ2v) is 3.25. The predicted molar refractivity (Wildman–Crippen MR) is 32.5 cm³/mol. The Balaban J connectivity index is 2.58. The Hall–Kier alpha value is -0.0800. The molecule has 0 aromatic heterocycles. The molecule has 2 nitrogen and oxygen atoms in total. The van der Waals surface area contributed by atoms with Gasteiger partial charge < -0.3 is 10.8 Å². The van der Waals surface area contributed by atoms with E-state index in [0.29, 0.717) is 0 Å². The van der Waals surface area contributed by atoms with Crippen molar-refractivity contribution in [1.82, 2.24) is 0 Å². The molecule has 0 aromatic rings. The van der Waals surface area contributed by atoms with E-state index in [1.54, 1.807) is 0 Å². The summed E-state index contributed by atoms with van der Waals surface area (Å²) in [6.45, 7) is 3.72. The van der Waals surface area contributed by atoms with E-state index >= 15 is 0 Å². The second-order valence-electron chi connectivity index (χ2n) is 3.25. The Morgan fingerprint density at radius 1 is 1.50 bits per heavy atom. The maximum Gasteiger partial charge on any atom is 0.0823 e. The van der Waals surface area contributed by atoms with Gasteiger partial charge in [0.25, 0.3) is 0 Å². The molecular formula is C6H13NO. The van der Waals surface area contributed by atoms with Gasteiger partial charge >= 0.3 is 0 Å². The molecule has 0 aliphatic heterocycles. The first kappa shape index (κ1) is 6.05. The first-order valence-electron chi connectivity index (χ1n) is 2.97. The normalized spacial score (nSPS) is 25.5. The highest BCUT2D eigenvalue weighted by Crippen LogP contribution is 2.42. The summed E-state index contributed by atoms with van der Waals surface area (Å²) in [5.74, 6) is 0. The van der Waals surface area contributed by atoms with Crippen LogP contribution in [0.2, 0.25) is 0 Å². The first-order chi connectivity index (χ1) is 3.46. The zero-order valence-electron chi connectivity index (χ0n) is 5.44.